The van der Waals surface area contributed by atoms with Crippen LogP contribution in [-0.4, -0.2) is 36.9 Å². The zero-order valence-corrected chi connectivity index (χ0v) is 8.88. The average molecular weight is 201 g/mol. The molecule has 0 radical (unpaired) electrons. The van der Waals surface area contributed by atoms with Crippen molar-refractivity contribution in [1.29, 1.82) is 0 Å². The van der Waals surface area contributed by atoms with Crippen LogP contribution < -0.4 is 5.32 Å². The highest BCUT2D eigenvalue weighted by molar-refractivity contribution is 5.88. The maximum atomic E-state index is 11.1. The summed E-state index contributed by atoms with van der Waals surface area (Å²) in [6.45, 7) is 8.21. The Bertz CT molecular complexity index is 192. The number of aliphatic hydroxyl groups excluding tert-OH is 1. The summed E-state index contributed by atoms with van der Waals surface area (Å²) in [6.07, 6.45) is 0.663. The highest BCUT2D eigenvalue weighted by Gasteiger charge is 2.08. The van der Waals surface area contributed by atoms with Gasteiger partial charge in [0.25, 0.3) is 0 Å². The average Bonchev–Trinajstić information content (AvgIpc) is 2.15. The minimum atomic E-state index is -0.365. The van der Waals surface area contributed by atoms with Gasteiger partial charge in [0.1, 0.15) is 0 Å². The number of aliphatic hydroxyl groups is 1. The van der Waals surface area contributed by atoms with Crippen LogP contribution in [0.4, 0.5) is 0 Å². The number of carbonyl (C=O) groups excluding carboxylic acids is 1. The predicted octanol–water partition coefficient (Wildman–Crippen LogP) is 0.466. The molecule has 0 aromatic rings. The highest BCUT2D eigenvalue weighted by Crippen LogP contribution is 1.95. The third kappa shape index (κ3) is 5.72. The van der Waals surface area contributed by atoms with E-state index in [-0.39, 0.29) is 18.6 Å². The van der Waals surface area contributed by atoms with Crippen molar-refractivity contribution in [1.82, 2.24) is 5.32 Å². The van der Waals surface area contributed by atoms with E-state index in [0.717, 1.165) is 0 Å². The molecule has 2 N–H and O–H groups in total. The molecule has 0 rings (SSSR count). The molecular formula is C10H19NO3. The number of esters is 1. The van der Waals surface area contributed by atoms with Gasteiger partial charge in [0.05, 0.1) is 6.61 Å². The van der Waals surface area contributed by atoms with E-state index in [4.69, 9.17) is 9.84 Å². The Kier molecular flexibility index (Phi) is 7.06. The van der Waals surface area contributed by atoms with Crippen molar-refractivity contribution < 1.29 is 14.6 Å². The summed E-state index contributed by atoms with van der Waals surface area (Å²) in [5.41, 5.74) is 0.414. The van der Waals surface area contributed by atoms with Gasteiger partial charge in [0, 0.05) is 24.8 Å². The Labute approximate surface area is 85.0 Å². The fourth-order valence-electron chi connectivity index (χ4n) is 0.898. The standard InChI is InChI=1S/C10H19NO3/c1-4-14-10(13)8(2)7-11-9(3)5-6-12/h9,11-12H,2,4-7H2,1,3H3. The lowest BCUT2D eigenvalue weighted by Crippen LogP contribution is -2.30. The largest absolute Gasteiger partial charge is 0.463 e. The predicted molar refractivity (Wildman–Crippen MR) is 54.9 cm³/mol. The molecule has 0 aromatic carbocycles. The van der Waals surface area contributed by atoms with Crippen LogP contribution in [0.15, 0.2) is 12.2 Å². The van der Waals surface area contributed by atoms with Gasteiger partial charge in [-0.15, -0.1) is 0 Å². The Balaban J connectivity index is 3.67. The molecule has 0 bridgehead atoms. The van der Waals surface area contributed by atoms with Gasteiger partial charge < -0.3 is 15.2 Å². The van der Waals surface area contributed by atoms with Crippen LogP contribution >= 0.6 is 0 Å². The number of rotatable bonds is 7. The van der Waals surface area contributed by atoms with E-state index in [1.807, 2.05) is 6.92 Å². The smallest absolute Gasteiger partial charge is 0.334 e. The molecule has 0 aliphatic carbocycles. The van der Waals surface area contributed by atoms with Crippen LogP contribution in [0, 0.1) is 0 Å². The number of hydrogen-bond donors (Lipinski definition) is 2. The molecule has 1 atom stereocenters. The van der Waals surface area contributed by atoms with Gasteiger partial charge in [0.15, 0.2) is 0 Å². The molecule has 0 aliphatic heterocycles. The lowest BCUT2D eigenvalue weighted by Gasteiger charge is -2.12. The Morgan fingerprint density at radius 3 is 2.79 bits per heavy atom. The molecule has 0 amide bonds. The third-order valence-electron chi connectivity index (χ3n) is 1.79. The van der Waals surface area contributed by atoms with Gasteiger partial charge >= 0.3 is 5.97 Å². The van der Waals surface area contributed by atoms with Crippen molar-refractivity contribution in [3.63, 3.8) is 0 Å². The van der Waals surface area contributed by atoms with Crippen LogP contribution in [0.5, 0.6) is 0 Å². The first-order valence-electron chi connectivity index (χ1n) is 4.81. The molecule has 4 nitrogen and oxygen atoms in total. The van der Waals surface area contributed by atoms with E-state index in [1.54, 1.807) is 6.92 Å². The minimum Gasteiger partial charge on any atom is -0.463 e. The van der Waals surface area contributed by atoms with E-state index >= 15 is 0 Å². The summed E-state index contributed by atoms with van der Waals surface area (Å²) < 4.78 is 4.77. The molecule has 0 saturated heterocycles. The fourth-order valence-corrected chi connectivity index (χ4v) is 0.898. The normalized spacial score (nSPS) is 12.2. The number of carbonyl (C=O) groups is 1. The summed E-state index contributed by atoms with van der Waals surface area (Å²) >= 11 is 0. The molecule has 0 aliphatic rings. The van der Waals surface area contributed by atoms with Gasteiger partial charge in [-0.2, -0.15) is 0 Å². The molecule has 1 unspecified atom stereocenters. The monoisotopic (exact) mass is 201 g/mol. The molecule has 0 aromatic heterocycles. The van der Waals surface area contributed by atoms with Crippen LogP contribution in [-0.2, 0) is 9.53 Å². The second-order valence-electron chi connectivity index (χ2n) is 3.12. The maximum absolute atomic E-state index is 11.1. The Hall–Kier alpha value is -0.870. The first kappa shape index (κ1) is 13.1. The van der Waals surface area contributed by atoms with E-state index < -0.39 is 0 Å². The highest BCUT2D eigenvalue weighted by atomic mass is 16.5. The number of nitrogens with one attached hydrogen (secondary N) is 1. The topological polar surface area (TPSA) is 58.6 Å². The zero-order valence-electron chi connectivity index (χ0n) is 8.88. The summed E-state index contributed by atoms with van der Waals surface area (Å²) in [6, 6.07) is 0.172. The van der Waals surface area contributed by atoms with Crippen LogP contribution in [0.1, 0.15) is 20.3 Å². The zero-order chi connectivity index (χ0) is 11.0. The quantitative estimate of drug-likeness (QED) is 0.464. The fraction of sp³-hybridized carbons (Fsp3) is 0.700. The second kappa shape index (κ2) is 7.53. The van der Waals surface area contributed by atoms with Crippen molar-refractivity contribution in [2.75, 3.05) is 19.8 Å². The van der Waals surface area contributed by atoms with Crippen LogP contribution in [0.2, 0.25) is 0 Å². The second-order valence-corrected chi connectivity index (χ2v) is 3.12. The maximum Gasteiger partial charge on any atom is 0.334 e. The van der Waals surface area contributed by atoms with E-state index in [0.29, 0.717) is 25.1 Å². The summed E-state index contributed by atoms with van der Waals surface area (Å²) in [4.78, 5) is 11.1. The molecule has 0 fully saturated rings. The number of ether oxygens (including phenoxy) is 1. The van der Waals surface area contributed by atoms with Crippen molar-refractivity contribution in [2.45, 2.75) is 26.3 Å². The molecule has 4 heteroatoms. The van der Waals surface area contributed by atoms with E-state index in [2.05, 4.69) is 11.9 Å². The molecule has 0 heterocycles. The summed E-state index contributed by atoms with van der Waals surface area (Å²) in [5, 5.41) is 11.7. The lowest BCUT2D eigenvalue weighted by atomic mass is 10.2. The summed E-state index contributed by atoms with van der Waals surface area (Å²) in [5.74, 6) is -0.365. The van der Waals surface area contributed by atoms with Gasteiger partial charge in [-0.05, 0) is 20.3 Å². The SMILES string of the molecule is C=C(CNC(C)CCO)C(=O)OCC. The van der Waals surface area contributed by atoms with Gasteiger partial charge in [-0.25, -0.2) is 4.79 Å². The first-order valence-corrected chi connectivity index (χ1v) is 4.81. The van der Waals surface area contributed by atoms with Crippen molar-refractivity contribution in [2.24, 2.45) is 0 Å². The molecule has 0 spiro atoms. The number of hydrogen-bond acceptors (Lipinski definition) is 4. The van der Waals surface area contributed by atoms with Crippen LogP contribution in [0.3, 0.4) is 0 Å². The lowest BCUT2D eigenvalue weighted by molar-refractivity contribution is -0.138. The first-order chi connectivity index (χ1) is 6.61. The minimum absolute atomic E-state index is 0.139. The van der Waals surface area contributed by atoms with Crippen molar-refractivity contribution in [3.8, 4) is 0 Å². The third-order valence-corrected chi connectivity index (χ3v) is 1.79. The summed E-state index contributed by atoms with van der Waals surface area (Å²) in [7, 11) is 0. The van der Waals surface area contributed by atoms with Gasteiger partial charge in [-0.1, -0.05) is 6.58 Å². The van der Waals surface area contributed by atoms with E-state index in [1.165, 1.54) is 0 Å². The van der Waals surface area contributed by atoms with E-state index in [9.17, 15) is 4.79 Å². The van der Waals surface area contributed by atoms with Gasteiger partial charge in [0.2, 0.25) is 0 Å². The molecular weight excluding hydrogens is 182 g/mol. The molecule has 14 heavy (non-hydrogen) atoms. The van der Waals surface area contributed by atoms with Gasteiger partial charge in [-0.3, -0.25) is 0 Å². The van der Waals surface area contributed by atoms with Crippen molar-refractivity contribution >= 4 is 5.97 Å². The molecule has 82 valence electrons. The van der Waals surface area contributed by atoms with Crippen molar-refractivity contribution in [3.05, 3.63) is 12.2 Å². The van der Waals surface area contributed by atoms with Crippen LogP contribution in [0.25, 0.3) is 0 Å². The Morgan fingerprint density at radius 1 is 1.64 bits per heavy atom. The Morgan fingerprint density at radius 2 is 2.29 bits per heavy atom. The molecule has 0 saturated carbocycles.